The lowest BCUT2D eigenvalue weighted by molar-refractivity contribution is 0.413. The Morgan fingerprint density at radius 1 is 0.885 bits per heavy atom. The van der Waals surface area contributed by atoms with Gasteiger partial charge in [-0.15, -0.1) is 0 Å². The van der Waals surface area contributed by atoms with Gasteiger partial charge >= 0.3 is 0 Å². The molecule has 0 amide bonds. The molecule has 0 bridgehead atoms. The third-order valence-electron chi connectivity index (χ3n) is 4.41. The standard InChI is InChI=1S/C19H20N6O/c1-26-16-5-7-18(22-13-16)25(19-8-9-20-14-23-19)17-6-4-15(12-21-17)24-10-2-3-11-24/h4-9,12-14H,2-3,10-11H2,1H3. The first-order valence-corrected chi connectivity index (χ1v) is 8.62. The molecule has 0 aromatic carbocycles. The van der Waals surface area contributed by atoms with Crippen LogP contribution >= 0.6 is 0 Å². The molecule has 0 saturated carbocycles. The van der Waals surface area contributed by atoms with E-state index < -0.39 is 0 Å². The van der Waals surface area contributed by atoms with Crippen LogP contribution in [0.4, 0.5) is 23.1 Å². The molecule has 0 radical (unpaired) electrons. The lowest BCUT2D eigenvalue weighted by Gasteiger charge is -2.23. The fourth-order valence-corrected chi connectivity index (χ4v) is 3.07. The summed E-state index contributed by atoms with van der Waals surface area (Å²) in [6.07, 6.45) is 9.30. The lowest BCUT2D eigenvalue weighted by atomic mass is 10.3. The maximum atomic E-state index is 5.21. The van der Waals surface area contributed by atoms with Gasteiger partial charge in [0.05, 0.1) is 25.2 Å². The normalized spacial score (nSPS) is 13.7. The highest BCUT2D eigenvalue weighted by Gasteiger charge is 2.18. The van der Waals surface area contributed by atoms with Gasteiger partial charge in [-0.3, -0.25) is 4.90 Å². The van der Waals surface area contributed by atoms with Crippen molar-refractivity contribution in [1.29, 1.82) is 0 Å². The summed E-state index contributed by atoms with van der Waals surface area (Å²) in [4.78, 5) is 21.8. The second-order valence-electron chi connectivity index (χ2n) is 6.03. The van der Waals surface area contributed by atoms with E-state index in [9.17, 15) is 0 Å². The Labute approximate surface area is 152 Å². The number of ether oxygens (including phenoxy) is 1. The number of anilines is 4. The number of pyridine rings is 2. The molecule has 3 aromatic heterocycles. The number of rotatable bonds is 5. The monoisotopic (exact) mass is 348 g/mol. The molecular formula is C19H20N6O. The van der Waals surface area contributed by atoms with Crippen molar-refractivity contribution in [1.82, 2.24) is 19.9 Å². The van der Waals surface area contributed by atoms with E-state index in [1.165, 1.54) is 19.2 Å². The van der Waals surface area contributed by atoms with Crippen molar-refractivity contribution in [3.05, 3.63) is 55.2 Å². The quantitative estimate of drug-likeness (QED) is 0.700. The predicted molar refractivity (Wildman–Crippen MR) is 100 cm³/mol. The average Bonchev–Trinajstić information content (AvgIpc) is 3.25. The molecule has 1 aliphatic heterocycles. The van der Waals surface area contributed by atoms with Gasteiger partial charge in [-0.1, -0.05) is 0 Å². The van der Waals surface area contributed by atoms with Gasteiger partial charge in [-0.2, -0.15) is 0 Å². The van der Waals surface area contributed by atoms with Gasteiger partial charge in [0.25, 0.3) is 0 Å². The van der Waals surface area contributed by atoms with Crippen molar-refractivity contribution < 1.29 is 4.74 Å². The lowest BCUT2D eigenvalue weighted by Crippen LogP contribution is -2.19. The van der Waals surface area contributed by atoms with E-state index in [1.807, 2.05) is 35.4 Å². The van der Waals surface area contributed by atoms with Crippen molar-refractivity contribution in [2.75, 3.05) is 30.0 Å². The zero-order chi connectivity index (χ0) is 17.8. The van der Waals surface area contributed by atoms with Crippen LogP contribution in [0.1, 0.15) is 12.8 Å². The van der Waals surface area contributed by atoms with Crippen molar-refractivity contribution in [2.45, 2.75) is 12.8 Å². The van der Waals surface area contributed by atoms with Gasteiger partial charge in [0.15, 0.2) is 0 Å². The first kappa shape index (κ1) is 16.3. The summed E-state index contributed by atoms with van der Waals surface area (Å²) in [5.41, 5.74) is 1.15. The average molecular weight is 348 g/mol. The molecule has 4 rings (SSSR count). The minimum atomic E-state index is 0.703. The highest BCUT2D eigenvalue weighted by atomic mass is 16.5. The van der Waals surface area contributed by atoms with E-state index in [-0.39, 0.29) is 0 Å². The van der Waals surface area contributed by atoms with Crippen LogP contribution in [0.2, 0.25) is 0 Å². The van der Waals surface area contributed by atoms with E-state index in [1.54, 1.807) is 19.5 Å². The van der Waals surface area contributed by atoms with Crippen LogP contribution in [-0.2, 0) is 0 Å². The number of methoxy groups -OCH3 is 1. The first-order valence-electron chi connectivity index (χ1n) is 8.62. The number of hydrogen-bond acceptors (Lipinski definition) is 7. The molecule has 1 aliphatic rings. The molecule has 0 aliphatic carbocycles. The number of nitrogens with zero attached hydrogens (tertiary/aromatic N) is 6. The zero-order valence-corrected chi connectivity index (χ0v) is 14.6. The molecule has 132 valence electrons. The molecule has 0 unspecified atom stereocenters. The van der Waals surface area contributed by atoms with Crippen LogP contribution in [0.25, 0.3) is 0 Å². The van der Waals surface area contributed by atoms with Crippen molar-refractivity contribution >= 4 is 23.1 Å². The van der Waals surface area contributed by atoms with E-state index in [4.69, 9.17) is 4.74 Å². The minimum Gasteiger partial charge on any atom is -0.495 e. The third-order valence-corrected chi connectivity index (χ3v) is 4.41. The van der Waals surface area contributed by atoms with Crippen LogP contribution in [0, 0.1) is 0 Å². The van der Waals surface area contributed by atoms with Gasteiger partial charge < -0.3 is 9.64 Å². The van der Waals surface area contributed by atoms with E-state index in [2.05, 4.69) is 30.9 Å². The second-order valence-corrected chi connectivity index (χ2v) is 6.03. The molecular weight excluding hydrogens is 328 g/mol. The Bertz CT molecular complexity index is 832. The SMILES string of the molecule is COc1ccc(N(c2ccncn2)c2ccc(N3CCCC3)cn2)nc1. The molecule has 1 saturated heterocycles. The third kappa shape index (κ3) is 3.28. The Morgan fingerprint density at radius 2 is 1.62 bits per heavy atom. The molecule has 7 nitrogen and oxygen atoms in total. The molecule has 4 heterocycles. The Kier molecular flexibility index (Phi) is 4.59. The maximum Gasteiger partial charge on any atom is 0.143 e. The van der Waals surface area contributed by atoms with Crippen LogP contribution in [0.5, 0.6) is 5.75 Å². The fraction of sp³-hybridized carbons (Fsp3) is 0.263. The Hall–Kier alpha value is -3.22. The summed E-state index contributed by atoms with van der Waals surface area (Å²) in [6, 6.07) is 9.70. The predicted octanol–water partition coefficient (Wildman–Crippen LogP) is 3.35. The van der Waals surface area contributed by atoms with E-state index >= 15 is 0 Å². The van der Waals surface area contributed by atoms with Crippen molar-refractivity contribution in [3.8, 4) is 5.75 Å². The summed E-state index contributed by atoms with van der Waals surface area (Å²) in [5.74, 6) is 2.88. The minimum absolute atomic E-state index is 0.703. The molecule has 3 aromatic rings. The Morgan fingerprint density at radius 3 is 2.19 bits per heavy atom. The first-order chi connectivity index (χ1) is 12.8. The highest BCUT2D eigenvalue weighted by molar-refractivity contribution is 5.70. The van der Waals surface area contributed by atoms with Crippen LogP contribution in [0.3, 0.4) is 0 Å². The van der Waals surface area contributed by atoms with E-state index in [0.29, 0.717) is 17.4 Å². The smallest absolute Gasteiger partial charge is 0.143 e. The highest BCUT2D eigenvalue weighted by Crippen LogP contribution is 2.31. The largest absolute Gasteiger partial charge is 0.495 e. The molecule has 0 spiro atoms. The zero-order valence-electron chi connectivity index (χ0n) is 14.6. The molecule has 7 heteroatoms. The molecule has 1 fully saturated rings. The van der Waals surface area contributed by atoms with Gasteiger partial charge in [0.1, 0.15) is 29.5 Å². The Balaban J connectivity index is 1.70. The second kappa shape index (κ2) is 7.35. The summed E-state index contributed by atoms with van der Waals surface area (Å²) < 4.78 is 5.21. The van der Waals surface area contributed by atoms with Crippen molar-refractivity contribution in [3.63, 3.8) is 0 Å². The fourth-order valence-electron chi connectivity index (χ4n) is 3.07. The topological polar surface area (TPSA) is 67.3 Å². The maximum absolute atomic E-state index is 5.21. The summed E-state index contributed by atoms with van der Waals surface area (Å²) in [6.45, 7) is 2.19. The number of hydrogen-bond donors (Lipinski definition) is 0. The molecule has 26 heavy (non-hydrogen) atoms. The number of aromatic nitrogens is 4. The van der Waals surface area contributed by atoms with Crippen LogP contribution in [-0.4, -0.2) is 40.1 Å². The van der Waals surface area contributed by atoms with Gasteiger partial charge in [-0.25, -0.2) is 19.9 Å². The van der Waals surface area contributed by atoms with Gasteiger partial charge in [0.2, 0.25) is 0 Å². The molecule has 0 atom stereocenters. The van der Waals surface area contributed by atoms with Crippen molar-refractivity contribution in [2.24, 2.45) is 0 Å². The van der Waals surface area contributed by atoms with Crippen LogP contribution < -0.4 is 14.5 Å². The summed E-state index contributed by atoms with van der Waals surface area (Å²) in [7, 11) is 1.62. The van der Waals surface area contributed by atoms with E-state index in [0.717, 1.165) is 24.6 Å². The molecule has 0 N–H and O–H groups in total. The summed E-state index contributed by atoms with van der Waals surface area (Å²) >= 11 is 0. The summed E-state index contributed by atoms with van der Waals surface area (Å²) in [5, 5.41) is 0. The van der Waals surface area contributed by atoms with Gasteiger partial charge in [0, 0.05) is 19.3 Å². The van der Waals surface area contributed by atoms with Crippen LogP contribution in [0.15, 0.2) is 55.2 Å². The van der Waals surface area contributed by atoms with Gasteiger partial charge in [-0.05, 0) is 43.2 Å².